The minimum atomic E-state index is 0.500. The van der Waals surface area contributed by atoms with Gasteiger partial charge in [-0.1, -0.05) is 598 Å². The molecule has 1 aromatic carbocycles. The van der Waals surface area contributed by atoms with Crippen molar-refractivity contribution in [1.82, 2.24) is 0 Å². The zero-order chi connectivity index (χ0) is 95.9. The highest BCUT2D eigenvalue weighted by atomic mass is 14.7. The van der Waals surface area contributed by atoms with E-state index in [1.165, 1.54) is 334 Å². The van der Waals surface area contributed by atoms with E-state index < -0.39 is 0 Å². The Bertz CT molecular complexity index is 1660. The van der Waals surface area contributed by atoms with Gasteiger partial charge in [0.05, 0.1) is 0 Å². The molecule has 2 nitrogen and oxygen atoms in total. The average Bonchev–Trinajstić information content (AvgIpc) is 1.75. The van der Waals surface area contributed by atoms with Crippen LogP contribution in [0.25, 0.3) is 0 Å². The van der Waals surface area contributed by atoms with Crippen molar-refractivity contribution in [2.24, 2.45) is 69.5 Å². The Kier molecular flexibility index (Phi) is 104. The summed E-state index contributed by atoms with van der Waals surface area (Å²) in [7, 11) is 0. The highest BCUT2D eigenvalue weighted by molar-refractivity contribution is 5.59. The predicted molar refractivity (Wildman–Crippen MR) is 577 cm³/mol. The maximum Gasteiger partial charge on any atom is 0.0388 e. The summed E-state index contributed by atoms with van der Waals surface area (Å²) in [5.74, 6) is 0. The lowest BCUT2D eigenvalue weighted by atomic mass is 10.0. The average molecular weight is 1710 g/mol. The number of fused-ring (bicyclic) bond motifs is 1. The molecule has 0 N–H and O–H groups in total. The van der Waals surface area contributed by atoms with Gasteiger partial charge in [0.1, 0.15) is 0 Å². The van der Waals surface area contributed by atoms with Crippen molar-refractivity contribution in [3.8, 4) is 0 Å². The third-order valence-corrected chi connectivity index (χ3v) is 14.9. The van der Waals surface area contributed by atoms with Crippen LogP contribution in [-0.4, -0.2) is 25.5 Å². The van der Waals surface area contributed by atoms with Gasteiger partial charge in [0.2, 0.25) is 0 Å². The highest BCUT2D eigenvalue weighted by Gasteiger charge is 2.09. The zero-order valence-electron chi connectivity index (χ0n) is 94.2. The molecule has 2 heteroatoms. The molecule has 0 amide bonds. The Morgan fingerprint density at radius 3 is 0.347 bits per heavy atom. The van der Waals surface area contributed by atoms with E-state index in [0.717, 1.165) is 13.1 Å². The maximum atomic E-state index is 4.05. The van der Waals surface area contributed by atoms with Gasteiger partial charge in [-0.2, -0.15) is 0 Å². The first-order valence-corrected chi connectivity index (χ1v) is 52.6. The maximum absolute atomic E-state index is 4.05. The second-order valence-corrected chi connectivity index (χ2v) is 54.3. The van der Waals surface area contributed by atoms with Crippen LogP contribution >= 0.6 is 0 Å². The van der Waals surface area contributed by atoms with Crippen molar-refractivity contribution < 1.29 is 0 Å². The van der Waals surface area contributed by atoms with Crippen LogP contribution in [0.15, 0.2) is 46.4 Å². The van der Waals surface area contributed by atoms with Crippen LogP contribution in [0.4, 0.5) is 0 Å². The van der Waals surface area contributed by atoms with Gasteiger partial charge in [-0.05, 0) is 160 Å². The van der Waals surface area contributed by atoms with Crippen LogP contribution in [0.5, 0.6) is 0 Å². The van der Waals surface area contributed by atoms with E-state index >= 15 is 0 Å². The number of aryl methyl sites for hydroxylation is 2. The summed E-state index contributed by atoms with van der Waals surface area (Å²) in [6, 6.07) is 8.74. The summed E-state index contributed by atoms with van der Waals surface area (Å²) in [6.07, 6.45) is 84.3. The van der Waals surface area contributed by atoms with E-state index in [2.05, 4.69) is 351 Å². The first-order chi connectivity index (χ1) is 55.0. The third kappa shape index (κ3) is 306. The second-order valence-electron chi connectivity index (χ2n) is 54.3. The van der Waals surface area contributed by atoms with Gasteiger partial charge in [0, 0.05) is 13.1 Å². The Hall–Kier alpha value is -1.70. The molecule has 0 spiro atoms. The molecule has 734 valence electrons. The van der Waals surface area contributed by atoms with Crippen LogP contribution in [-0.2, 0) is 12.8 Å². The Morgan fingerprint density at radius 1 is 0.149 bits per heavy atom. The number of hydrogen-bond donors (Lipinski definition) is 0. The lowest BCUT2D eigenvalue weighted by Gasteiger charge is -2.05. The predicted octanol–water partition coefficient (Wildman–Crippen LogP) is 44.6. The number of benzene rings is 1. The number of aliphatic imine (C=N–C) groups is 2. The second kappa shape index (κ2) is 90.2. The minimum absolute atomic E-state index is 0.500. The molecule has 0 bridgehead atoms. The summed E-state index contributed by atoms with van der Waals surface area (Å²) in [5, 5.41) is 0. The first-order valence-electron chi connectivity index (χ1n) is 52.6. The number of hydrogen-bond acceptors (Lipinski definition) is 2. The van der Waals surface area contributed by atoms with Gasteiger partial charge < -0.3 is 0 Å². The first kappa shape index (κ1) is 140. The topological polar surface area (TPSA) is 24.7 Å². The molecule has 0 radical (unpaired) electrons. The molecule has 7 saturated carbocycles. The van der Waals surface area contributed by atoms with Gasteiger partial charge in [-0.3, -0.25) is 9.98 Å². The molecule has 9 aliphatic carbocycles. The molecule has 2 aliphatic heterocycles. The summed E-state index contributed by atoms with van der Waals surface area (Å²) in [4.78, 5) is 8.01. The third-order valence-electron chi connectivity index (χ3n) is 14.9. The molecule has 7 fully saturated rings. The highest BCUT2D eigenvalue weighted by Crippen LogP contribution is 2.23. The zero-order valence-corrected chi connectivity index (χ0v) is 94.2. The van der Waals surface area contributed by atoms with Crippen LogP contribution in [0.3, 0.4) is 0 Å². The van der Waals surface area contributed by atoms with Crippen molar-refractivity contribution in [2.75, 3.05) is 13.1 Å². The molecular formula is C119H248N2. The fourth-order valence-electron chi connectivity index (χ4n) is 10.4. The molecule has 12 rings (SSSR count). The van der Waals surface area contributed by atoms with Crippen molar-refractivity contribution in [3.63, 3.8) is 0 Å². The van der Waals surface area contributed by atoms with Gasteiger partial charge >= 0.3 is 0 Å². The lowest BCUT2D eigenvalue weighted by Crippen LogP contribution is -1.93. The summed E-state index contributed by atoms with van der Waals surface area (Å²) < 4.78 is 0. The van der Waals surface area contributed by atoms with Gasteiger partial charge in [0.15, 0.2) is 0 Å². The quantitative estimate of drug-likeness (QED) is 0.183. The van der Waals surface area contributed by atoms with E-state index in [1.54, 1.807) is 11.1 Å². The molecule has 11 aliphatic rings. The van der Waals surface area contributed by atoms with Gasteiger partial charge in [-0.15, -0.1) is 0 Å². The molecule has 0 unspecified atom stereocenters. The van der Waals surface area contributed by atoms with Crippen LogP contribution < -0.4 is 0 Å². The monoisotopic (exact) mass is 1710 g/mol. The molecule has 2 heterocycles. The Morgan fingerprint density at radius 2 is 0.273 bits per heavy atom. The Balaban J connectivity index is -0.000000134. The number of allylic oxidation sites excluding steroid dienone is 2. The normalized spacial score (nSPS) is 17.5. The van der Waals surface area contributed by atoms with Gasteiger partial charge in [-0.25, -0.2) is 0 Å². The molecule has 0 atom stereocenters. The lowest BCUT2D eigenvalue weighted by molar-refractivity contribution is 0.469. The fraction of sp³-hybridized carbons (Fsp3) is 0.916. The standard InChI is InChI=1S/C9H10.C7H14.3C6H12.C6H10.C5H9N.3C5H10.11C5H12.C4H7N/c1-2-5-9-7-3-6-8(9)4-1;1-2-4-6-7-5-3-1;5*1-2-4-6-5-3-1;3*1-2-4-5-3-1;11*1-5(2,3)4;1-2-4-5-3-1/h1-2,4-5H,3,6-7H2;1-7H2;3*1-6H2;1-2H,3-6H2;4H,1-3,5H2;3*1-5H2;11*1-4H3;3H,1-2,4H2. The van der Waals surface area contributed by atoms with Gasteiger partial charge in [0.25, 0.3) is 0 Å². The van der Waals surface area contributed by atoms with E-state index in [-0.39, 0.29) is 0 Å². The van der Waals surface area contributed by atoms with Crippen LogP contribution in [0.1, 0.15) is 637 Å². The van der Waals surface area contributed by atoms with Crippen molar-refractivity contribution in [1.29, 1.82) is 0 Å². The fourth-order valence-corrected chi connectivity index (χ4v) is 10.4. The van der Waals surface area contributed by atoms with Crippen molar-refractivity contribution in [3.05, 3.63) is 47.5 Å². The molecule has 0 aromatic heterocycles. The largest absolute Gasteiger partial charge is 0.298 e. The van der Waals surface area contributed by atoms with E-state index in [1.807, 2.05) is 12.4 Å². The van der Waals surface area contributed by atoms with Crippen molar-refractivity contribution in [2.45, 2.75) is 639 Å². The molecule has 121 heavy (non-hydrogen) atoms. The minimum Gasteiger partial charge on any atom is -0.298 e. The van der Waals surface area contributed by atoms with Crippen molar-refractivity contribution >= 4 is 12.4 Å². The van der Waals surface area contributed by atoms with Crippen LogP contribution in [0.2, 0.25) is 0 Å². The number of rotatable bonds is 0. The summed E-state index contributed by atoms with van der Waals surface area (Å²) in [6.45, 7) is 98.4. The molecule has 1 aromatic rings. The van der Waals surface area contributed by atoms with E-state index in [9.17, 15) is 0 Å². The number of nitrogens with zero attached hydrogens (tertiary/aromatic N) is 2. The molecule has 0 saturated heterocycles. The Labute approximate surface area is 776 Å². The smallest absolute Gasteiger partial charge is 0.0388 e. The van der Waals surface area contributed by atoms with Crippen LogP contribution in [0, 0.1) is 59.6 Å². The summed E-state index contributed by atoms with van der Waals surface area (Å²) in [5.41, 5.74) is 8.63. The van der Waals surface area contributed by atoms with E-state index in [4.69, 9.17) is 0 Å². The SMILES string of the molecule is C1=CCCCC1.C1=NCCC1.C1=NCCCC1.C1CCCC1.C1CCCC1.C1CCCC1.C1CCCCC1.C1CCCCC1.C1CCCCC1.C1CCCCCC1.CC(C)(C)C.CC(C)(C)C.CC(C)(C)C.CC(C)(C)C.CC(C)(C)C.CC(C)(C)C.CC(C)(C)C.CC(C)(C)C.CC(C)(C)C.CC(C)(C)C.CC(C)(C)C.c1ccc2c(c1)CCC2. The molecular weight excluding hydrogens is 1460 g/mol. The summed E-state index contributed by atoms with van der Waals surface area (Å²) >= 11 is 0. The van der Waals surface area contributed by atoms with E-state index in [0.29, 0.717) is 59.6 Å².